The van der Waals surface area contributed by atoms with E-state index in [0.717, 1.165) is 5.38 Å². The van der Waals surface area contributed by atoms with Gasteiger partial charge in [-0.15, -0.1) is 0 Å². The minimum atomic E-state index is -1.82. The molecule has 1 heterocycles. The van der Waals surface area contributed by atoms with Crippen LogP contribution in [0.25, 0.3) is 0 Å². The van der Waals surface area contributed by atoms with Crippen molar-refractivity contribution in [2.24, 2.45) is 0 Å². The summed E-state index contributed by atoms with van der Waals surface area (Å²) in [6, 6.07) is 0. The second-order valence-electron chi connectivity index (χ2n) is 2.94. The zero-order valence-electron chi connectivity index (χ0n) is 6.63. The van der Waals surface area contributed by atoms with Gasteiger partial charge in [-0.3, -0.25) is 0 Å². The molecule has 1 saturated heterocycles. The van der Waals surface area contributed by atoms with Crippen LogP contribution in [0.3, 0.4) is 0 Å². The Morgan fingerprint density at radius 3 is 1.90 bits per heavy atom. The van der Waals surface area contributed by atoms with Gasteiger partial charge in [-0.2, -0.15) is 12.6 Å². The van der Waals surface area contributed by atoms with E-state index in [1.807, 2.05) is 13.8 Å². The number of hydrogen-bond acceptors (Lipinski definition) is 3. The van der Waals surface area contributed by atoms with Crippen molar-refractivity contribution >= 4 is 21.2 Å². The van der Waals surface area contributed by atoms with Gasteiger partial charge in [-0.05, 0) is 20.4 Å². The summed E-state index contributed by atoms with van der Waals surface area (Å²) in [5.74, 6) is 0. The average molecular weight is 178 g/mol. The van der Waals surface area contributed by atoms with Crippen LogP contribution in [-0.4, -0.2) is 26.1 Å². The third-order valence-electron chi connectivity index (χ3n) is 1.82. The highest BCUT2D eigenvalue weighted by atomic mass is 32.1. The molecule has 60 valence electrons. The summed E-state index contributed by atoms with van der Waals surface area (Å²) in [5.41, 5.74) is 0. The van der Waals surface area contributed by atoms with Crippen molar-refractivity contribution in [3.63, 3.8) is 0 Å². The fraction of sp³-hybridized carbons (Fsp3) is 1.00. The molecule has 0 aromatic heterocycles. The highest BCUT2D eigenvalue weighted by molar-refractivity contribution is 7.82. The van der Waals surface area contributed by atoms with Crippen LogP contribution in [0.2, 0.25) is 6.55 Å². The van der Waals surface area contributed by atoms with Crippen LogP contribution in [0, 0.1) is 0 Å². The molecule has 0 bridgehead atoms. The fourth-order valence-corrected chi connectivity index (χ4v) is 3.69. The molecular formula is C6H14O2SSi. The summed E-state index contributed by atoms with van der Waals surface area (Å²) in [5, 5.41) is 0.752. The van der Waals surface area contributed by atoms with E-state index in [1.165, 1.54) is 0 Å². The Bertz CT molecular complexity index is 121. The van der Waals surface area contributed by atoms with Gasteiger partial charge in [0.1, 0.15) is 0 Å². The lowest BCUT2D eigenvalue weighted by Gasteiger charge is -2.15. The second-order valence-corrected chi connectivity index (χ2v) is 6.94. The maximum absolute atomic E-state index is 5.65. The topological polar surface area (TPSA) is 18.5 Å². The number of thiol groups is 1. The summed E-state index contributed by atoms with van der Waals surface area (Å²) in [6.45, 7) is 6.15. The molecule has 0 aromatic rings. The molecule has 1 aliphatic rings. The van der Waals surface area contributed by atoms with Gasteiger partial charge in [-0.1, -0.05) is 0 Å². The molecule has 2 atom stereocenters. The predicted molar refractivity (Wildman–Crippen MR) is 46.6 cm³/mol. The molecule has 10 heavy (non-hydrogen) atoms. The lowest BCUT2D eigenvalue weighted by atomic mass is 10.3. The Labute approximate surface area is 68.6 Å². The molecular weight excluding hydrogens is 164 g/mol. The van der Waals surface area contributed by atoms with Gasteiger partial charge in [0.15, 0.2) is 0 Å². The molecule has 0 radical (unpaired) electrons. The lowest BCUT2D eigenvalue weighted by Crippen LogP contribution is -2.36. The van der Waals surface area contributed by atoms with Crippen LogP contribution in [0.1, 0.15) is 13.8 Å². The van der Waals surface area contributed by atoms with Crippen molar-refractivity contribution in [2.45, 2.75) is 32.6 Å². The van der Waals surface area contributed by atoms with Crippen molar-refractivity contribution in [2.75, 3.05) is 5.38 Å². The molecule has 0 aliphatic carbocycles. The van der Waals surface area contributed by atoms with Gasteiger partial charge in [0.05, 0.1) is 12.2 Å². The molecule has 2 nitrogen and oxygen atoms in total. The lowest BCUT2D eigenvalue weighted by molar-refractivity contribution is 0.187. The monoisotopic (exact) mass is 178 g/mol. The molecule has 4 heteroatoms. The fourth-order valence-electron chi connectivity index (χ4n) is 1.08. The maximum Gasteiger partial charge on any atom is 0.345 e. The van der Waals surface area contributed by atoms with Gasteiger partial charge >= 0.3 is 8.56 Å². The third kappa shape index (κ3) is 1.56. The quantitative estimate of drug-likeness (QED) is 0.483. The van der Waals surface area contributed by atoms with Gasteiger partial charge in [0, 0.05) is 5.38 Å². The highest BCUT2D eigenvalue weighted by Gasteiger charge is 2.42. The summed E-state index contributed by atoms with van der Waals surface area (Å²) >= 11 is 4.19. The van der Waals surface area contributed by atoms with Crippen molar-refractivity contribution in [1.29, 1.82) is 0 Å². The predicted octanol–water partition coefficient (Wildman–Crippen LogP) is 1.35. The summed E-state index contributed by atoms with van der Waals surface area (Å²) in [7, 11) is -1.82. The number of rotatable bonds is 1. The Kier molecular flexibility index (Phi) is 2.45. The van der Waals surface area contributed by atoms with E-state index in [0.29, 0.717) is 0 Å². The third-order valence-corrected chi connectivity index (χ3v) is 5.86. The minimum absolute atomic E-state index is 0.254. The van der Waals surface area contributed by atoms with Gasteiger partial charge < -0.3 is 8.85 Å². The minimum Gasteiger partial charge on any atom is -0.388 e. The van der Waals surface area contributed by atoms with Gasteiger partial charge in [0.25, 0.3) is 0 Å². The van der Waals surface area contributed by atoms with Crippen LogP contribution < -0.4 is 0 Å². The molecule has 0 aromatic carbocycles. The van der Waals surface area contributed by atoms with Gasteiger partial charge in [-0.25, -0.2) is 0 Å². The smallest absolute Gasteiger partial charge is 0.345 e. The van der Waals surface area contributed by atoms with Crippen LogP contribution in [-0.2, 0) is 8.85 Å². The molecule has 0 saturated carbocycles. The Balaban J connectivity index is 2.55. The molecule has 1 fully saturated rings. The van der Waals surface area contributed by atoms with Crippen molar-refractivity contribution < 1.29 is 8.85 Å². The molecule has 1 aliphatic heterocycles. The molecule has 0 N–H and O–H groups in total. The van der Waals surface area contributed by atoms with E-state index >= 15 is 0 Å². The van der Waals surface area contributed by atoms with Crippen LogP contribution in [0.15, 0.2) is 0 Å². The van der Waals surface area contributed by atoms with Crippen LogP contribution in [0.4, 0.5) is 0 Å². The second kappa shape index (κ2) is 2.85. The van der Waals surface area contributed by atoms with E-state index in [9.17, 15) is 0 Å². The van der Waals surface area contributed by atoms with E-state index < -0.39 is 8.56 Å². The van der Waals surface area contributed by atoms with Crippen molar-refractivity contribution in [1.82, 2.24) is 0 Å². The maximum atomic E-state index is 5.65. The zero-order valence-corrected chi connectivity index (χ0v) is 8.52. The summed E-state index contributed by atoms with van der Waals surface area (Å²) in [4.78, 5) is 0. The number of hydrogen-bond donors (Lipinski definition) is 1. The van der Waals surface area contributed by atoms with E-state index in [1.54, 1.807) is 0 Å². The SMILES string of the molecule is CC1O[Si](C)(CS)OC1C. The standard InChI is InChI=1S/C6H14O2SSi/c1-5-6(2)8-10(3,4-9)7-5/h5-6,9H,4H2,1-3H3. The molecule has 0 amide bonds. The average Bonchev–Trinajstić information content (AvgIpc) is 2.10. The van der Waals surface area contributed by atoms with Crippen LogP contribution in [0.5, 0.6) is 0 Å². The first-order valence-electron chi connectivity index (χ1n) is 3.54. The molecule has 1 rings (SSSR count). The van der Waals surface area contributed by atoms with Crippen molar-refractivity contribution in [3.8, 4) is 0 Å². The molecule has 2 unspecified atom stereocenters. The normalized spacial score (nSPS) is 48.0. The Morgan fingerprint density at radius 1 is 1.30 bits per heavy atom. The largest absolute Gasteiger partial charge is 0.388 e. The Hall–Kier alpha value is 0.487. The van der Waals surface area contributed by atoms with Crippen LogP contribution >= 0.6 is 12.6 Å². The molecule has 0 spiro atoms. The van der Waals surface area contributed by atoms with E-state index in [-0.39, 0.29) is 12.2 Å². The van der Waals surface area contributed by atoms with E-state index in [2.05, 4.69) is 19.2 Å². The van der Waals surface area contributed by atoms with Gasteiger partial charge in [0.2, 0.25) is 0 Å². The Morgan fingerprint density at radius 2 is 1.70 bits per heavy atom. The first-order chi connectivity index (χ1) is 4.57. The highest BCUT2D eigenvalue weighted by Crippen LogP contribution is 2.24. The summed E-state index contributed by atoms with van der Waals surface area (Å²) in [6.07, 6.45) is 0.507. The van der Waals surface area contributed by atoms with Crippen molar-refractivity contribution in [3.05, 3.63) is 0 Å². The first kappa shape index (κ1) is 8.58. The zero-order chi connectivity index (χ0) is 7.78. The van der Waals surface area contributed by atoms with E-state index in [4.69, 9.17) is 8.85 Å². The summed E-state index contributed by atoms with van der Waals surface area (Å²) < 4.78 is 11.3. The first-order valence-corrected chi connectivity index (χ1v) is 6.69.